The van der Waals surface area contributed by atoms with Gasteiger partial charge in [-0.15, -0.1) is 0 Å². The molecule has 0 spiro atoms. The predicted molar refractivity (Wildman–Crippen MR) is 88.4 cm³/mol. The van der Waals surface area contributed by atoms with Crippen LogP contribution in [0, 0.1) is 0 Å². The number of alkyl halides is 3. The summed E-state index contributed by atoms with van der Waals surface area (Å²) in [7, 11) is 1.44. The summed E-state index contributed by atoms with van der Waals surface area (Å²) in [5.74, 6) is 0.478. The fourth-order valence-electron chi connectivity index (χ4n) is 2.44. The average Bonchev–Trinajstić information content (AvgIpc) is 2.93. The molecular weight excluding hydrogens is 357 g/mol. The number of nitrogens with zero attached hydrogens (tertiary/aromatic N) is 1. The van der Waals surface area contributed by atoms with E-state index in [-0.39, 0.29) is 11.3 Å². The summed E-state index contributed by atoms with van der Waals surface area (Å²) >= 11 is 5.78. The van der Waals surface area contributed by atoms with E-state index < -0.39 is 23.0 Å². The van der Waals surface area contributed by atoms with Crippen molar-refractivity contribution in [2.75, 3.05) is 7.11 Å². The van der Waals surface area contributed by atoms with Crippen LogP contribution in [0.2, 0.25) is 5.02 Å². The third-order valence-electron chi connectivity index (χ3n) is 3.64. The van der Waals surface area contributed by atoms with Crippen LogP contribution in [0.4, 0.5) is 13.2 Å². The second-order valence-electron chi connectivity index (χ2n) is 5.21. The lowest BCUT2D eigenvalue weighted by molar-refractivity contribution is -0.140. The zero-order valence-corrected chi connectivity index (χ0v) is 13.7. The van der Waals surface area contributed by atoms with Crippen LogP contribution in [0.3, 0.4) is 0 Å². The fourth-order valence-corrected chi connectivity index (χ4v) is 2.57. The Morgan fingerprint density at radius 2 is 1.64 bits per heavy atom. The van der Waals surface area contributed by atoms with E-state index in [4.69, 9.17) is 16.3 Å². The number of aromatic nitrogens is 2. The molecule has 0 saturated carbocycles. The number of nitrogens with one attached hydrogen (secondary N) is 1. The molecule has 25 heavy (non-hydrogen) atoms. The number of halogens is 4. The van der Waals surface area contributed by atoms with Gasteiger partial charge >= 0.3 is 6.18 Å². The lowest BCUT2D eigenvalue weighted by Crippen LogP contribution is -2.15. The molecule has 8 heteroatoms. The minimum absolute atomic E-state index is 0.141. The Morgan fingerprint density at radius 1 is 1.04 bits per heavy atom. The Morgan fingerprint density at radius 3 is 2.16 bits per heavy atom. The Kier molecular flexibility index (Phi) is 4.34. The highest BCUT2D eigenvalue weighted by Crippen LogP contribution is 2.35. The molecule has 0 atom stereocenters. The van der Waals surface area contributed by atoms with Gasteiger partial charge in [0.2, 0.25) is 0 Å². The molecule has 0 fully saturated rings. The van der Waals surface area contributed by atoms with Crippen molar-refractivity contribution < 1.29 is 17.9 Å². The maximum Gasteiger partial charge on any atom is 0.433 e. The van der Waals surface area contributed by atoms with Crippen molar-refractivity contribution in [2.24, 2.45) is 0 Å². The standard InChI is InChI=1S/C17H12ClF3N2O2/c1-25-13-8-2-10(3-9-13)14-15(17(19,20)21)22-23(16(14)24)12-6-4-11(18)5-7-12/h2-9,22H,1H3. The van der Waals surface area contributed by atoms with E-state index in [1.807, 2.05) is 0 Å². The Hall–Kier alpha value is -2.67. The quantitative estimate of drug-likeness (QED) is 0.739. The highest BCUT2D eigenvalue weighted by atomic mass is 35.5. The first-order chi connectivity index (χ1) is 11.8. The molecule has 0 aliphatic carbocycles. The summed E-state index contributed by atoms with van der Waals surface area (Å²) in [6.45, 7) is 0. The summed E-state index contributed by atoms with van der Waals surface area (Å²) in [4.78, 5) is 12.6. The van der Waals surface area contributed by atoms with E-state index in [0.717, 1.165) is 4.68 Å². The zero-order valence-electron chi connectivity index (χ0n) is 12.9. The fraction of sp³-hybridized carbons (Fsp3) is 0.118. The van der Waals surface area contributed by atoms with Gasteiger partial charge in [-0.2, -0.15) is 13.2 Å². The van der Waals surface area contributed by atoms with Crippen LogP contribution in [-0.4, -0.2) is 16.9 Å². The number of ether oxygens (including phenoxy) is 1. The van der Waals surface area contributed by atoms with E-state index in [0.29, 0.717) is 10.8 Å². The molecule has 0 radical (unpaired) electrons. The summed E-state index contributed by atoms with van der Waals surface area (Å²) in [5.41, 5.74) is -1.98. The topological polar surface area (TPSA) is 47.0 Å². The van der Waals surface area contributed by atoms with Crippen LogP contribution in [-0.2, 0) is 6.18 Å². The van der Waals surface area contributed by atoms with Gasteiger partial charge in [0.05, 0.1) is 18.4 Å². The van der Waals surface area contributed by atoms with Crippen LogP contribution in [0.1, 0.15) is 5.69 Å². The van der Waals surface area contributed by atoms with Gasteiger partial charge in [-0.3, -0.25) is 9.89 Å². The summed E-state index contributed by atoms with van der Waals surface area (Å²) in [6, 6.07) is 11.7. The number of aromatic amines is 1. The molecule has 130 valence electrons. The third kappa shape index (κ3) is 3.28. The summed E-state index contributed by atoms with van der Waals surface area (Å²) in [5, 5.41) is 2.57. The van der Waals surface area contributed by atoms with Gasteiger partial charge in [0.1, 0.15) is 11.4 Å². The largest absolute Gasteiger partial charge is 0.497 e. The lowest BCUT2D eigenvalue weighted by Gasteiger charge is -2.07. The molecule has 0 bridgehead atoms. The van der Waals surface area contributed by atoms with Crippen molar-refractivity contribution in [2.45, 2.75) is 6.18 Å². The van der Waals surface area contributed by atoms with E-state index in [1.54, 1.807) is 0 Å². The van der Waals surface area contributed by atoms with Gasteiger partial charge in [-0.1, -0.05) is 23.7 Å². The number of benzene rings is 2. The first-order valence-electron chi connectivity index (χ1n) is 7.14. The molecule has 0 aliphatic heterocycles. The van der Waals surface area contributed by atoms with Crippen LogP contribution in [0.5, 0.6) is 5.75 Å². The van der Waals surface area contributed by atoms with Gasteiger partial charge in [0.25, 0.3) is 5.56 Å². The molecule has 1 N–H and O–H groups in total. The molecule has 2 aromatic carbocycles. The number of rotatable bonds is 3. The van der Waals surface area contributed by atoms with E-state index in [9.17, 15) is 18.0 Å². The molecular formula is C17H12ClF3N2O2. The maximum atomic E-state index is 13.4. The first-order valence-corrected chi connectivity index (χ1v) is 7.51. The second kappa shape index (κ2) is 6.33. The van der Waals surface area contributed by atoms with Gasteiger partial charge in [-0.05, 0) is 42.0 Å². The van der Waals surface area contributed by atoms with Crippen LogP contribution >= 0.6 is 11.6 Å². The van der Waals surface area contributed by atoms with Crippen molar-refractivity contribution in [3.63, 3.8) is 0 Å². The zero-order chi connectivity index (χ0) is 18.2. The molecule has 1 heterocycles. The lowest BCUT2D eigenvalue weighted by atomic mass is 10.1. The predicted octanol–water partition coefficient (Wildman–Crippen LogP) is 4.51. The molecule has 4 nitrogen and oxygen atoms in total. The number of H-pyrrole nitrogens is 1. The highest BCUT2D eigenvalue weighted by molar-refractivity contribution is 6.30. The Balaban J connectivity index is 2.22. The smallest absolute Gasteiger partial charge is 0.433 e. The molecule has 0 aliphatic rings. The van der Waals surface area contributed by atoms with Crippen molar-refractivity contribution in [1.29, 1.82) is 0 Å². The minimum Gasteiger partial charge on any atom is -0.497 e. The van der Waals surface area contributed by atoms with Crippen LogP contribution in [0.15, 0.2) is 53.3 Å². The van der Waals surface area contributed by atoms with Gasteiger partial charge in [0.15, 0.2) is 0 Å². The monoisotopic (exact) mass is 368 g/mol. The first kappa shape index (κ1) is 17.2. The normalized spacial score (nSPS) is 11.6. The van der Waals surface area contributed by atoms with Crippen LogP contribution < -0.4 is 10.3 Å². The van der Waals surface area contributed by atoms with Crippen molar-refractivity contribution >= 4 is 11.6 Å². The van der Waals surface area contributed by atoms with Crippen molar-refractivity contribution in [3.8, 4) is 22.6 Å². The molecule has 0 unspecified atom stereocenters. The molecule has 3 rings (SSSR count). The number of hydrogen-bond acceptors (Lipinski definition) is 2. The van der Waals surface area contributed by atoms with Gasteiger partial charge < -0.3 is 4.74 Å². The van der Waals surface area contributed by atoms with E-state index >= 15 is 0 Å². The molecule has 3 aromatic rings. The number of hydrogen-bond donors (Lipinski definition) is 1. The average molecular weight is 369 g/mol. The second-order valence-corrected chi connectivity index (χ2v) is 5.64. The molecule has 0 saturated heterocycles. The number of methoxy groups -OCH3 is 1. The third-order valence-corrected chi connectivity index (χ3v) is 3.89. The molecule has 1 aromatic heterocycles. The Bertz CT molecular complexity index is 942. The highest BCUT2D eigenvalue weighted by Gasteiger charge is 2.38. The summed E-state index contributed by atoms with van der Waals surface area (Å²) < 4.78 is 46.1. The minimum atomic E-state index is -4.72. The van der Waals surface area contributed by atoms with Crippen LogP contribution in [0.25, 0.3) is 16.8 Å². The van der Waals surface area contributed by atoms with Crippen molar-refractivity contribution in [1.82, 2.24) is 9.78 Å². The van der Waals surface area contributed by atoms with Gasteiger partial charge in [0, 0.05) is 5.02 Å². The van der Waals surface area contributed by atoms with E-state index in [2.05, 4.69) is 5.10 Å². The van der Waals surface area contributed by atoms with Gasteiger partial charge in [-0.25, -0.2) is 4.68 Å². The molecule has 0 amide bonds. The summed E-state index contributed by atoms with van der Waals surface area (Å²) in [6.07, 6.45) is -4.72. The SMILES string of the molecule is COc1ccc(-c2c(C(F)(F)F)[nH]n(-c3ccc(Cl)cc3)c2=O)cc1. The maximum absolute atomic E-state index is 13.4. The Labute approximate surface area is 145 Å². The van der Waals surface area contributed by atoms with Crippen molar-refractivity contribution in [3.05, 3.63) is 69.6 Å². The van der Waals surface area contributed by atoms with E-state index in [1.165, 1.54) is 55.6 Å².